The van der Waals surface area contributed by atoms with Gasteiger partial charge in [-0.1, -0.05) is 6.07 Å². The molecule has 1 aromatic rings. The first kappa shape index (κ1) is 8.43. The Kier molecular flexibility index (Phi) is 2.42. The van der Waals surface area contributed by atoms with Gasteiger partial charge in [-0.3, -0.25) is 5.14 Å². The van der Waals surface area contributed by atoms with Gasteiger partial charge >= 0.3 is 0 Å². The molecule has 2 nitrogen and oxygen atoms in total. The van der Waals surface area contributed by atoms with Crippen molar-refractivity contribution in [1.29, 1.82) is 0 Å². The number of anilines is 1. The minimum Gasteiger partial charge on any atom is -0.398 e. The maximum Gasteiger partial charge on any atom is 0.0484 e. The van der Waals surface area contributed by atoms with Gasteiger partial charge < -0.3 is 5.73 Å². The van der Waals surface area contributed by atoms with Crippen molar-refractivity contribution in [3.63, 3.8) is 0 Å². The van der Waals surface area contributed by atoms with E-state index in [2.05, 4.69) is 6.07 Å². The number of hydrogen-bond donors (Lipinski definition) is 2. The third kappa shape index (κ3) is 1.67. The van der Waals surface area contributed by atoms with E-state index in [0.717, 1.165) is 16.1 Å². The Morgan fingerprint density at radius 2 is 1.91 bits per heavy atom. The summed E-state index contributed by atoms with van der Waals surface area (Å²) in [7, 11) is 0. The van der Waals surface area contributed by atoms with E-state index in [-0.39, 0.29) is 0 Å². The number of rotatable bonds is 1. The number of aryl methyl sites for hydroxylation is 2. The fourth-order valence-corrected chi connectivity index (χ4v) is 1.59. The van der Waals surface area contributed by atoms with Gasteiger partial charge in [0.15, 0.2) is 0 Å². The summed E-state index contributed by atoms with van der Waals surface area (Å²) in [5.41, 5.74) is 8.83. The second kappa shape index (κ2) is 3.15. The van der Waals surface area contributed by atoms with Gasteiger partial charge in [0.2, 0.25) is 0 Å². The molecule has 0 aliphatic rings. The highest BCUT2D eigenvalue weighted by Crippen LogP contribution is 2.25. The summed E-state index contributed by atoms with van der Waals surface area (Å²) in [4.78, 5) is 0.982. The summed E-state index contributed by atoms with van der Waals surface area (Å²) >= 11 is 1.21. The van der Waals surface area contributed by atoms with Crippen molar-refractivity contribution < 1.29 is 0 Å². The first-order valence-electron chi connectivity index (χ1n) is 3.38. The van der Waals surface area contributed by atoms with Crippen molar-refractivity contribution in [3.05, 3.63) is 23.3 Å². The van der Waals surface area contributed by atoms with Crippen LogP contribution >= 0.6 is 11.9 Å². The molecule has 4 N–H and O–H groups in total. The molecule has 0 spiro atoms. The molecule has 60 valence electrons. The Morgan fingerprint density at radius 1 is 1.27 bits per heavy atom. The van der Waals surface area contributed by atoms with Crippen LogP contribution in [0.5, 0.6) is 0 Å². The van der Waals surface area contributed by atoms with Crippen LogP contribution in [0.25, 0.3) is 0 Å². The van der Waals surface area contributed by atoms with Gasteiger partial charge in [0.1, 0.15) is 0 Å². The van der Waals surface area contributed by atoms with Crippen LogP contribution in [0, 0.1) is 13.8 Å². The quantitative estimate of drug-likeness (QED) is 0.497. The lowest BCUT2D eigenvalue weighted by atomic mass is 10.1. The van der Waals surface area contributed by atoms with Gasteiger partial charge in [-0.2, -0.15) is 0 Å². The molecule has 0 amide bonds. The van der Waals surface area contributed by atoms with E-state index in [1.165, 1.54) is 17.5 Å². The van der Waals surface area contributed by atoms with Crippen LogP contribution in [-0.4, -0.2) is 0 Å². The fourth-order valence-electron chi connectivity index (χ4n) is 1.15. The Hall–Kier alpha value is -0.670. The standard InChI is InChI=1S/C8H12N2S/c1-5-3-6(2)8(11-10)7(9)4-5/h3-4H,9-10H2,1-2H3. The van der Waals surface area contributed by atoms with Crippen LogP contribution in [-0.2, 0) is 0 Å². The smallest absolute Gasteiger partial charge is 0.0484 e. The third-order valence-corrected chi connectivity index (χ3v) is 2.36. The largest absolute Gasteiger partial charge is 0.398 e. The van der Waals surface area contributed by atoms with Crippen LogP contribution in [0.15, 0.2) is 17.0 Å². The summed E-state index contributed by atoms with van der Waals surface area (Å²) in [6.45, 7) is 4.03. The zero-order valence-electron chi connectivity index (χ0n) is 6.72. The third-order valence-electron chi connectivity index (χ3n) is 1.57. The predicted octanol–water partition coefficient (Wildman–Crippen LogP) is 1.85. The molecule has 0 heterocycles. The average molecular weight is 168 g/mol. The molecule has 0 aromatic heterocycles. The first-order valence-corrected chi connectivity index (χ1v) is 4.26. The molecule has 0 atom stereocenters. The second-order valence-corrected chi connectivity index (χ2v) is 3.26. The van der Waals surface area contributed by atoms with Crippen molar-refractivity contribution in [3.8, 4) is 0 Å². The van der Waals surface area contributed by atoms with E-state index in [9.17, 15) is 0 Å². The maximum absolute atomic E-state index is 5.73. The van der Waals surface area contributed by atoms with Gasteiger partial charge in [-0.15, -0.1) is 0 Å². The van der Waals surface area contributed by atoms with E-state index >= 15 is 0 Å². The Balaban J connectivity index is 3.25. The molecule has 0 unspecified atom stereocenters. The van der Waals surface area contributed by atoms with E-state index in [0.29, 0.717) is 0 Å². The van der Waals surface area contributed by atoms with Crippen LogP contribution in [0.3, 0.4) is 0 Å². The van der Waals surface area contributed by atoms with E-state index in [1.54, 1.807) is 0 Å². The van der Waals surface area contributed by atoms with Gasteiger partial charge in [-0.05, 0) is 43.0 Å². The molecular formula is C8H12N2S. The summed E-state index contributed by atoms with van der Waals surface area (Å²) in [5, 5.41) is 5.44. The lowest BCUT2D eigenvalue weighted by Crippen LogP contribution is -1.94. The predicted molar refractivity (Wildman–Crippen MR) is 50.4 cm³/mol. The lowest BCUT2D eigenvalue weighted by molar-refractivity contribution is 1.27. The SMILES string of the molecule is Cc1cc(C)c(SN)c(N)c1. The van der Waals surface area contributed by atoms with Crippen molar-refractivity contribution in [2.75, 3.05) is 5.73 Å². The molecule has 0 saturated carbocycles. The molecule has 1 rings (SSSR count). The zero-order valence-corrected chi connectivity index (χ0v) is 7.53. The summed E-state index contributed by atoms with van der Waals surface area (Å²) < 4.78 is 0. The number of nitrogens with two attached hydrogens (primary N) is 2. The summed E-state index contributed by atoms with van der Waals surface area (Å²) in [5.74, 6) is 0. The van der Waals surface area contributed by atoms with E-state index in [4.69, 9.17) is 10.9 Å². The normalized spacial score (nSPS) is 10.1. The Labute approximate surface area is 71.1 Å². The molecule has 0 fully saturated rings. The maximum atomic E-state index is 5.73. The lowest BCUT2D eigenvalue weighted by Gasteiger charge is -2.06. The number of hydrogen-bond acceptors (Lipinski definition) is 3. The molecule has 11 heavy (non-hydrogen) atoms. The van der Waals surface area contributed by atoms with Crippen LogP contribution in [0.1, 0.15) is 11.1 Å². The fraction of sp³-hybridized carbons (Fsp3) is 0.250. The molecule has 3 heteroatoms. The highest BCUT2D eigenvalue weighted by molar-refractivity contribution is 7.97. The Bertz CT molecular complexity index is 248. The number of benzene rings is 1. The molecule has 0 bridgehead atoms. The van der Waals surface area contributed by atoms with Gasteiger partial charge in [-0.25, -0.2) is 0 Å². The molecule has 0 aliphatic carbocycles. The molecular weight excluding hydrogens is 156 g/mol. The number of nitrogen functional groups attached to an aromatic ring is 1. The van der Waals surface area contributed by atoms with Gasteiger partial charge in [0.05, 0.1) is 0 Å². The van der Waals surface area contributed by atoms with Crippen LogP contribution in [0.4, 0.5) is 5.69 Å². The highest BCUT2D eigenvalue weighted by Gasteiger charge is 2.01. The van der Waals surface area contributed by atoms with Gasteiger partial charge in [0.25, 0.3) is 0 Å². The molecule has 0 saturated heterocycles. The first-order chi connectivity index (χ1) is 5.15. The molecule has 1 aromatic carbocycles. The highest BCUT2D eigenvalue weighted by atomic mass is 32.2. The summed E-state index contributed by atoms with van der Waals surface area (Å²) in [6, 6.07) is 4.01. The average Bonchev–Trinajstić information content (AvgIpc) is 1.85. The molecule has 0 aliphatic heterocycles. The minimum atomic E-state index is 0.773. The topological polar surface area (TPSA) is 52.0 Å². The molecule has 0 radical (unpaired) electrons. The Morgan fingerprint density at radius 3 is 2.36 bits per heavy atom. The van der Waals surface area contributed by atoms with Crippen molar-refractivity contribution in [1.82, 2.24) is 0 Å². The monoisotopic (exact) mass is 168 g/mol. The van der Waals surface area contributed by atoms with Crippen molar-refractivity contribution in [2.24, 2.45) is 5.14 Å². The summed E-state index contributed by atoms with van der Waals surface area (Å²) in [6.07, 6.45) is 0. The van der Waals surface area contributed by atoms with E-state index < -0.39 is 0 Å². The van der Waals surface area contributed by atoms with Gasteiger partial charge in [0, 0.05) is 10.6 Å². The van der Waals surface area contributed by atoms with E-state index in [1.807, 2.05) is 19.9 Å². The van der Waals surface area contributed by atoms with Crippen LogP contribution < -0.4 is 10.9 Å². The minimum absolute atomic E-state index is 0.773. The van der Waals surface area contributed by atoms with Crippen molar-refractivity contribution in [2.45, 2.75) is 18.7 Å². The van der Waals surface area contributed by atoms with Crippen molar-refractivity contribution >= 4 is 17.6 Å². The van der Waals surface area contributed by atoms with Crippen LogP contribution in [0.2, 0.25) is 0 Å². The second-order valence-electron chi connectivity index (χ2n) is 2.62. The zero-order chi connectivity index (χ0) is 8.43.